The monoisotopic (exact) mass is 254 g/mol. The number of hydrogen-bond donors (Lipinski definition) is 2. The van der Waals surface area contributed by atoms with E-state index in [9.17, 15) is 4.79 Å². The fourth-order valence-electron chi connectivity index (χ4n) is 1.47. The predicted octanol–water partition coefficient (Wildman–Crippen LogP) is 2.75. The number of aromatic nitrogens is 1. The summed E-state index contributed by atoms with van der Waals surface area (Å²) >= 11 is 0. The van der Waals surface area contributed by atoms with Crippen LogP contribution in [0.25, 0.3) is 6.08 Å². The quantitative estimate of drug-likeness (QED) is 0.828. The van der Waals surface area contributed by atoms with Crippen molar-refractivity contribution in [1.29, 1.82) is 0 Å². The zero-order valence-corrected chi connectivity index (χ0v) is 10.5. The van der Waals surface area contributed by atoms with Crippen molar-refractivity contribution in [1.82, 2.24) is 4.98 Å². The largest absolute Gasteiger partial charge is 0.508 e. The Labute approximate surface area is 111 Å². The van der Waals surface area contributed by atoms with Crippen molar-refractivity contribution < 1.29 is 9.90 Å². The maximum absolute atomic E-state index is 11.7. The van der Waals surface area contributed by atoms with Crippen LogP contribution in [-0.2, 0) is 4.79 Å². The number of phenols is 1. The third-order valence-corrected chi connectivity index (χ3v) is 2.48. The predicted molar refractivity (Wildman–Crippen MR) is 74.7 cm³/mol. The average molecular weight is 254 g/mol. The molecule has 2 rings (SSSR count). The first-order valence-corrected chi connectivity index (χ1v) is 5.84. The number of carbonyl (C=O) groups is 1. The van der Waals surface area contributed by atoms with Crippen molar-refractivity contribution in [3.63, 3.8) is 0 Å². The van der Waals surface area contributed by atoms with E-state index in [0.29, 0.717) is 5.82 Å². The van der Waals surface area contributed by atoms with Crippen LogP contribution in [0.2, 0.25) is 0 Å². The summed E-state index contributed by atoms with van der Waals surface area (Å²) < 4.78 is 0. The smallest absolute Gasteiger partial charge is 0.249 e. The summed E-state index contributed by atoms with van der Waals surface area (Å²) in [4.78, 5) is 15.7. The highest BCUT2D eigenvalue weighted by Crippen LogP contribution is 2.11. The minimum Gasteiger partial charge on any atom is -0.508 e. The van der Waals surface area contributed by atoms with Crippen molar-refractivity contribution in [2.24, 2.45) is 0 Å². The molecule has 0 fully saturated rings. The van der Waals surface area contributed by atoms with Gasteiger partial charge in [-0.25, -0.2) is 4.98 Å². The maximum atomic E-state index is 11.7. The molecule has 2 N–H and O–H groups in total. The number of aryl methyl sites for hydroxylation is 1. The molecule has 4 nitrogen and oxygen atoms in total. The highest BCUT2D eigenvalue weighted by Gasteiger charge is 1.98. The minimum atomic E-state index is -0.246. The molecule has 1 amide bonds. The number of phenolic OH excluding ortho intramolecular Hbond substituents is 1. The molecule has 0 radical (unpaired) electrons. The van der Waals surface area contributed by atoms with Crippen LogP contribution >= 0.6 is 0 Å². The number of nitrogens with one attached hydrogen (secondary N) is 1. The Morgan fingerprint density at radius 1 is 1.21 bits per heavy atom. The first kappa shape index (κ1) is 12.8. The van der Waals surface area contributed by atoms with E-state index in [-0.39, 0.29) is 11.7 Å². The molecule has 0 saturated carbocycles. The second kappa shape index (κ2) is 5.82. The van der Waals surface area contributed by atoms with Gasteiger partial charge in [-0.3, -0.25) is 4.79 Å². The molecule has 2 aromatic rings. The number of carbonyl (C=O) groups excluding carboxylic acids is 1. The van der Waals surface area contributed by atoms with Crippen LogP contribution in [0.15, 0.2) is 48.7 Å². The SMILES string of the molecule is Cc1ccc(NC(=O)/C=C/c2ccc(O)cc2)nc1. The number of aromatic hydroxyl groups is 1. The van der Waals surface area contributed by atoms with Crippen LogP contribution in [0.3, 0.4) is 0 Å². The fraction of sp³-hybridized carbons (Fsp3) is 0.0667. The standard InChI is InChI=1S/C15H14N2O2/c1-11-2-8-14(16-10-11)17-15(19)9-5-12-3-6-13(18)7-4-12/h2-10,18H,1H3,(H,16,17,19)/b9-5+. The Kier molecular flexibility index (Phi) is 3.93. The Bertz CT molecular complexity index is 587. The number of nitrogens with zero attached hydrogens (tertiary/aromatic N) is 1. The van der Waals surface area contributed by atoms with Crippen molar-refractivity contribution in [3.8, 4) is 5.75 Å². The lowest BCUT2D eigenvalue weighted by Gasteiger charge is -2.01. The van der Waals surface area contributed by atoms with Gasteiger partial charge in [0.15, 0.2) is 0 Å². The van der Waals surface area contributed by atoms with Crippen LogP contribution in [-0.4, -0.2) is 16.0 Å². The number of rotatable bonds is 3. The lowest BCUT2D eigenvalue weighted by atomic mass is 10.2. The van der Waals surface area contributed by atoms with Gasteiger partial charge in [-0.05, 0) is 42.3 Å². The molecule has 1 aromatic heterocycles. The van der Waals surface area contributed by atoms with E-state index in [1.54, 1.807) is 42.6 Å². The van der Waals surface area contributed by atoms with E-state index in [1.807, 2.05) is 13.0 Å². The Balaban J connectivity index is 1.97. The second-order valence-electron chi connectivity index (χ2n) is 4.13. The van der Waals surface area contributed by atoms with Crippen LogP contribution < -0.4 is 5.32 Å². The van der Waals surface area contributed by atoms with Crippen LogP contribution in [0.4, 0.5) is 5.82 Å². The Morgan fingerprint density at radius 2 is 1.95 bits per heavy atom. The molecule has 0 atom stereocenters. The van der Waals surface area contributed by atoms with E-state index in [1.165, 1.54) is 6.08 Å². The van der Waals surface area contributed by atoms with Gasteiger partial charge in [0.05, 0.1) is 0 Å². The minimum absolute atomic E-state index is 0.199. The van der Waals surface area contributed by atoms with E-state index in [0.717, 1.165) is 11.1 Å². The zero-order valence-electron chi connectivity index (χ0n) is 10.5. The second-order valence-corrected chi connectivity index (χ2v) is 4.13. The molecule has 0 unspecified atom stereocenters. The van der Waals surface area contributed by atoms with Gasteiger partial charge in [0, 0.05) is 12.3 Å². The summed E-state index contributed by atoms with van der Waals surface area (Å²) in [7, 11) is 0. The molecule has 0 aliphatic carbocycles. The van der Waals surface area contributed by atoms with Crippen LogP contribution in [0.5, 0.6) is 5.75 Å². The molecule has 96 valence electrons. The maximum Gasteiger partial charge on any atom is 0.249 e. The van der Waals surface area contributed by atoms with Gasteiger partial charge in [0.2, 0.25) is 5.91 Å². The van der Waals surface area contributed by atoms with Crippen LogP contribution in [0.1, 0.15) is 11.1 Å². The van der Waals surface area contributed by atoms with Crippen LogP contribution in [0, 0.1) is 6.92 Å². The number of pyridine rings is 1. The van der Waals surface area contributed by atoms with Crippen molar-refractivity contribution in [2.45, 2.75) is 6.92 Å². The van der Waals surface area contributed by atoms with Gasteiger partial charge >= 0.3 is 0 Å². The lowest BCUT2D eigenvalue weighted by molar-refractivity contribution is -0.111. The van der Waals surface area contributed by atoms with E-state index in [4.69, 9.17) is 5.11 Å². The summed E-state index contributed by atoms with van der Waals surface area (Å²) in [6.45, 7) is 1.93. The van der Waals surface area contributed by atoms with E-state index in [2.05, 4.69) is 10.3 Å². The number of amides is 1. The normalized spacial score (nSPS) is 10.6. The van der Waals surface area contributed by atoms with Crippen molar-refractivity contribution >= 4 is 17.8 Å². The number of benzene rings is 1. The zero-order chi connectivity index (χ0) is 13.7. The van der Waals surface area contributed by atoms with Gasteiger partial charge in [-0.1, -0.05) is 18.2 Å². The summed E-state index contributed by atoms with van der Waals surface area (Å²) in [5, 5.41) is 11.8. The van der Waals surface area contributed by atoms with Gasteiger partial charge in [-0.15, -0.1) is 0 Å². The molecule has 0 aliphatic heterocycles. The third-order valence-electron chi connectivity index (χ3n) is 2.48. The van der Waals surface area contributed by atoms with Gasteiger partial charge in [0.25, 0.3) is 0 Å². The van der Waals surface area contributed by atoms with Crippen molar-refractivity contribution in [2.75, 3.05) is 5.32 Å². The number of anilines is 1. The first-order valence-electron chi connectivity index (χ1n) is 5.84. The molecule has 0 bridgehead atoms. The topological polar surface area (TPSA) is 62.2 Å². The molecule has 0 spiro atoms. The first-order chi connectivity index (χ1) is 9.13. The van der Waals surface area contributed by atoms with E-state index < -0.39 is 0 Å². The summed E-state index contributed by atoms with van der Waals surface area (Å²) in [5.74, 6) is 0.473. The Hall–Kier alpha value is -2.62. The summed E-state index contributed by atoms with van der Waals surface area (Å²) in [5.41, 5.74) is 1.88. The van der Waals surface area contributed by atoms with E-state index >= 15 is 0 Å². The molecular weight excluding hydrogens is 240 g/mol. The third kappa shape index (κ3) is 3.96. The Morgan fingerprint density at radius 3 is 2.58 bits per heavy atom. The van der Waals surface area contributed by atoms with Gasteiger partial charge < -0.3 is 10.4 Å². The highest BCUT2D eigenvalue weighted by molar-refractivity contribution is 6.01. The number of hydrogen-bond acceptors (Lipinski definition) is 3. The molecular formula is C15H14N2O2. The molecule has 0 aliphatic rings. The summed E-state index contributed by atoms with van der Waals surface area (Å²) in [6.07, 6.45) is 4.79. The molecule has 0 saturated heterocycles. The molecule has 1 aromatic carbocycles. The molecule has 1 heterocycles. The van der Waals surface area contributed by atoms with Crippen molar-refractivity contribution in [3.05, 3.63) is 59.8 Å². The summed E-state index contributed by atoms with van der Waals surface area (Å²) in [6, 6.07) is 10.2. The van der Waals surface area contributed by atoms with Gasteiger partial charge in [0.1, 0.15) is 11.6 Å². The van der Waals surface area contributed by atoms with Gasteiger partial charge in [-0.2, -0.15) is 0 Å². The average Bonchev–Trinajstić information content (AvgIpc) is 2.41. The lowest BCUT2D eigenvalue weighted by Crippen LogP contribution is -2.08. The molecule has 19 heavy (non-hydrogen) atoms. The highest BCUT2D eigenvalue weighted by atomic mass is 16.3. The fourth-order valence-corrected chi connectivity index (χ4v) is 1.47. The molecule has 4 heteroatoms.